The van der Waals surface area contributed by atoms with Crippen molar-refractivity contribution in [1.82, 2.24) is 0 Å². The maximum Gasteiger partial charge on any atom is 0.366 e. The summed E-state index contributed by atoms with van der Waals surface area (Å²) >= 11 is 11.5. The highest BCUT2D eigenvalue weighted by atomic mass is 35.5. The molecule has 0 radical (unpaired) electrons. The van der Waals surface area contributed by atoms with E-state index in [1.807, 2.05) is 0 Å². The van der Waals surface area contributed by atoms with Gasteiger partial charge < -0.3 is 0 Å². The van der Waals surface area contributed by atoms with Gasteiger partial charge in [-0.3, -0.25) is 20.2 Å². The van der Waals surface area contributed by atoms with Crippen LogP contribution in [0.4, 0.5) is 11.4 Å². The molecule has 0 aliphatic rings. The molecule has 0 aliphatic heterocycles. The Morgan fingerprint density at radius 2 is 1.48 bits per heavy atom. The normalized spacial score (nSPS) is 11.2. The molecule has 0 aromatic heterocycles. The van der Waals surface area contributed by atoms with Crippen molar-refractivity contribution in [1.29, 1.82) is 0 Å². The molecule has 2 rings (SSSR count). The Morgan fingerprint density at radius 1 is 0.913 bits per heavy atom. The number of nitro groups is 2. The number of rotatable bonds is 4. The summed E-state index contributed by atoms with van der Waals surface area (Å²) in [7, 11) is -4.23. The largest absolute Gasteiger partial charge is 0.366 e. The molecule has 120 valence electrons. The van der Waals surface area contributed by atoms with Gasteiger partial charge in [-0.05, 0) is 12.1 Å². The van der Waals surface area contributed by atoms with Gasteiger partial charge in [-0.15, -0.1) is 0 Å². The molecule has 0 saturated heterocycles. The van der Waals surface area contributed by atoms with Gasteiger partial charge in [-0.1, -0.05) is 41.4 Å². The van der Waals surface area contributed by atoms with Gasteiger partial charge in [0.2, 0.25) is 9.84 Å². The van der Waals surface area contributed by atoms with E-state index >= 15 is 0 Å². The Balaban J connectivity index is 2.85. The van der Waals surface area contributed by atoms with Crippen LogP contribution >= 0.6 is 23.2 Å². The average molecular weight is 377 g/mol. The lowest BCUT2D eigenvalue weighted by Gasteiger charge is -2.08. The van der Waals surface area contributed by atoms with E-state index in [1.165, 1.54) is 24.3 Å². The van der Waals surface area contributed by atoms with Gasteiger partial charge in [-0.2, -0.15) is 0 Å². The number of halogens is 2. The highest BCUT2D eigenvalue weighted by Crippen LogP contribution is 2.44. The monoisotopic (exact) mass is 376 g/mol. The Labute approximate surface area is 139 Å². The minimum Gasteiger partial charge on any atom is -0.258 e. The molecule has 0 bridgehead atoms. The fourth-order valence-corrected chi connectivity index (χ4v) is 3.96. The molecule has 23 heavy (non-hydrogen) atoms. The Hall–Kier alpha value is -2.23. The Bertz CT molecular complexity index is 915. The molecule has 0 heterocycles. The number of hydrogen-bond donors (Lipinski definition) is 0. The summed E-state index contributed by atoms with van der Waals surface area (Å²) in [5, 5.41) is 20.5. The summed E-state index contributed by atoms with van der Waals surface area (Å²) in [5.74, 6) is 0. The van der Waals surface area contributed by atoms with Crippen LogP contribution in [0.2, 0.25) is 10.0 Å². The maximum atomic E-state index is 12.5. The third-order valence-electron chi connectivity index (χ3n) is 2.85. The minimum absolute atomic E-state index is 0.180. The maximum absolute atomic E-state index is 12.5. The zero-order valence-corrected chi connectivity index (χ0v) is 13.3. The first-order chi connectivity index (χ1) is 10.7. The molecular formula is C12H6Cl2N2O6S. The van der Waals surface area contributed by atoms with Crippen LogP contribution in [0.25, 0.3) is 0 Å². The lowest BCUT2D eigenvalue weighted by molar-refractivity contribution is -0.422. The number of hydrogen-bond acceptors (Lipinski definition) is 6. The molecule has 8 nitrogen and oxygen atoms in total. The molecule has 0 atom stereocenters. The highest BCUT2D eigenvalue weighted by molar-refractivity contribution is 7.91. The lowest BCUT2D eigenvalue weighted by Crippen LogP contribution is -2.06. The zero-order valence-electron chi connectivity index (χ0n) is 11.0. The minimum atomic E-state index is -4.23. The van der Waals surface area contributed by atoms with Crippen molar-refractivity contribution in [2.24, 2.45) is 0 Å². The van der Waals surface area contributed by atoms with Crippen molar-refractivity contribution in [3.05, 3.63) is 66.7 Å². The molecule has 0 N–H and O–H groups in total. The Kier molecular flexibility index (Phi) is 4.55. The van der Waals surface area contributed by atoms with Crippen LogP contribution in [0, 0.1) is 20.2 Å². The molecule has 0 fully saturated rings. The van der Waals surface area contributed by atoms with Gasteiger partial charge in [0.25, 0.3) is 0 Å². The molecule has 0 aliphatic carbocycles. The van der Waals surface area contributed by atoms with Crippen LogP contribution in [-0.4, -0.2) is 18.3 Å². The van der Waals surface area contributed by atoms with E-state index < -0.39 is 46.0 Å². The van der Waals surface area contributed by atoms with E-state index in [0.717, 1.165) is 0 Å². The van der Waals surface area contributed by atoms with Crippen LogP contribution in [0.5, 0.6) is 0 Å². The van der Waals surface area contributed by atoms with Crippen molar-refractivity contribution < 1.29 is 18.3 Å². The van der Waals surface area contributed by atoms with E-state index in [2.05, 4.69) is 0 Å². The van der Waals surface area contributed by atoms with Gasteiger partial charge in [0.15, 0.2) is 0 Å². The van der Waals surface area contributed by atoms with E-state index in [-0.39, 0.29) is 4.90 Å². The van der Waals surface area contributed by atoms with Crippen LogP contribution in [-0.2, 0) is 9.84 Å². The average Bonchev–Trinajstić information content (AvgIpc) is 2.49. The molecule has 0 unspecified atom stereocenters. The summed E-state index contributed by atoms with van der Waals surface area (Å²) < 4.78 is 25.1. The summed E-state index contributed by atoms with van der Waals surface area (Å²) in [6.07, 6.45) is 0. The van der Waals surface area contributed by atoms with Gasteiger partial charge in [0, 0.05) is 6.07 Å². The first-order valence-corrected chi connectivity index (χ1v) is 8.02. The van der Waals surface area contributed by atoms with Gasteiger partial charge in [-0.25, -0.2) is 8.42 Å². The molecule has 0 amide bonds. The topological polar surface area (TPSA) is 120 Å². The van der Waals surface area contributed by atoms with Gasteiger partial charge >= 0.3 is 11.4 Å². The van der Waals surface area contributed by atoms with E-state index in [1.54, 1.807) is 6.07 Å². The highest BCUT2D eigenvalue weighted by Gasteiger charge is 2.36. The molecule has 0 saturated carbocycles. The summed E-state index contributed by atoms with van der Waals surface area (Å²) in [5.41, 5.74) is -2.12. The summed E-state index contributed by atoms with van der Waals surface area (Å²) in [6.45, 7) is 0. The number of sulfone groups is 1. The first kappa shape index (κ1) is 17.1. The van der Waals surface area contributed by atoms with Crippen LogP contribution < -0.4 is 0 Å². The fourth-order valence-electron chi connectivity index (χ4n) is 1.82. The molecular weight excluding hydrogens is 371 g/mol. The first-order valence-electron chi connectivity index (χ1n) is 5.79. The molecule has 0 spiro atoms. The van der Waals surface area contributed by atoms with Crippen LogP contribution in [0.3, 0.4) is 0 Å². The standard InChI is InChI=1S/C12H6Cl2N2O6S/c13-10-9(23(21,22)7-4-2-1-3-5-7)6-8(15(17)18)12(11(10)14)16(19)20/h1-6H. The second kappa shape index (κ2) is 6.11. The third kappa shape index (κ3) is 2.98. The smallest absolute Gasteiger partial charge is 0.258 e. The molecule has 2 aromatic carbocycles. The van der Waals surface area contributed by atoms with Gasteiger partial charge in [0.1, 0.15) is 5.02 Å². The third-order valence-corrected chi connectivity index (χ3v) is 5.61. The van der Waals surface area contributed by atoms with E-state index in [4.69, 9.17) is 23.2 Å². The summed E-state index contributed by atoms with van der Waals surface area (Å²) in [6, 6.07) is 7.52. The Morgan fingerprint density at radius 3 is 1.96 bits per heavy atom. The number of benzene rings is 2. The lowest BCUT2D eigenvalue weighted by atomic mass is 10.2. The fraction of sp³-hybridized carbons (Fsp3) is 0. The SMILES string of the molecule is O=[N+]([O-])c1cc(S(=O)(=O)c2ccccc2)c(Cl)c(Cl)c1[N+](=O)[O-]. The zero-order chi connectivity index (χ0) is 17.4. The van der Waals surface area contributed by atoms with Crippen molar-refractivity contribution in [3.63, 3.8) is 0 Å². The van der Waals surface area contributed by atoms with Crippen LogP contribution in [0.15, 0.2) is 46.2 Å². The van der Waals surface area contributed by atoms with E-state index in [9.17, 15) is 28.6 Å². The van der Waals surface area contributed by atoms with Crippen molar-refractivity contribution in [2.75, 3.05) is 0 Å². The van der Waals surface area contributed by atoms with Crippen LogP contribution in [0.1, 0.15) is 0 Å². The second-order valence-corrected chi connectivity index (χ2v) is 6.88. The van der Waals surface area contributed by atoms with Crippen molar-refractivity contribution >= 4 is 44.4 Å². The van der Waals surface area contributed by atoms with E-state index in [0.29, 0.717) is 6.07 Å². The second-order valence-electron chi connectivity index (χ2n) is 4.20. The molecule has 11 heteroatoms. The quantitative estimate of drug-likeness (QED) is 0.592. The predicted octanol–water partition coefficient (Wildman–Crippen LogP) is 3.64. The number of nitro benzene ring substituents is 2. The number of nitrogens with zero attached hydrogens (tertiary/aromatic N) is 2. The van der Waals surface area contributed by atoms with Crippen molar-refractivity contribution in [3.8, 4) is 0 Å². The molecule has 2 aromatic rings. The predicted molar refractivity (Wildman–Crippen MR) is 81.7 cm³/mol. The van der Waals surface area contributed by atoms with Crippen molar-refractivity contribution in [2.45, 2.75) is 9.79 Å². The summed E-state index contributed by atoms with van der Waals surface area (Å²) in [4.78, 5) is 18.9. The van der Waals surface area contributed by atoms with Gasteiger partial charge in [0.05, 0.1) is 24.7 Å².